The normalized spacial score (nSPS) is 10.8. The van der Waals surface area contributed by atoms with Crippen molar-refractivity contribution in [2.24, 2.45) is 0 Å². The van der Waals surface area contributed by atoms with Crippen molar-refractivity contribution in [3.05, 3.63) is 70.8 Å². The number of nitrogens with zero attached hydrogens (tertiary/aromatic N) is 4. The molecule has 0 aliphatic heterocycles. The maximum absolute atomic E-state index is 11.1. The lowest BCUT2D eigenvalue weighted by Gasteiger charge is -2.05. The number of hydrogen-bond donors (Lipinski definition) is 2. The highest BCUT2D eigenvalue weighted by Gasteiger charge is 2.21. The lowest BCUT2D eigenvalue weighted by atomic mass is 10.1. The van der Waals surface area contributed by atoms with Gasteiger partial charge in [-0.3, -0.25) is 9.36 Å². The first-order valence-electron chi connectivity index (χ1n) is 7.53. The summed E-state index contributed by atoms with van der Waals surface area (Å²) < 4.78 is 3.16. The van der Waals surface area contributed by atoms with Crippen LogP contribution < -0.4 is 0 Å². The molecule has 0 saturated carbocycles. The Balaban J connectivity index is 1.74. The van der Waals surface area contributed by atoms with E-state index in [1.807, 2.05) is 42.1 Å². The molecule has 128 valence electrons. The van der Waals surface area contributed by atoms with Crippen molar-refractivity contribution in [1.82, 2.24) is 19.6 Å². The van der Waals surface area contributed by atoms with Crippen LogP contribution in [0.4, 0.5) is 0 Å². The lowest BCUT2D eigenvalue weighted by Crippen LogP contribution is -2.06. The summed E-state index contributed by atoms with van der Waals surface area (Å²) in [5.74, 6) is -2.67. The molecule has 0 unspecified atom stereocenters. The maximum Gasteiger partial charge on any atom is 0.357 e. The number of carboxylic acid groups (broad SMARTS) is 2. The summed E-state index contributed by atoms with van der Waals surface area (Å²) in [7, 11) is 0. The second kappa shape index (κ2) is 6.60. The van der Waals surface area contributed by atoms with Gasteiger partial charge < -0.3 is 10.2 Å². The van der Waals surface area contributed by atoms with Crippen molar-refractivity contribution in [2.45, 2.75) is 20.0 Å². The number of aromatic nitrogens is 4. The van der Waals surface area contributed by atoms with Gasteiger partial charge in [0, 0.05) is 12.4 Å². The number of aryl methyl sites for hydroxylation is 1. The second-order valence-corrected chi connectivity index (χ2v) is 5.73. The highest BCUT2D eigenvalue weighted by atomic mass is 16.4. The summed E-state index contributed by atoms with van der Waals surface area (Å²) in [6.45, 7) is 2.92. The van der Waals surface area contributed by atoms with Gasteiger partial charge in [0.2, 0.25) is 0 Å². The van der Waals surface area contributed by atoms with E-state index in [9.17, 15) is 9.59 Å². The maximum atomic E-state index is 11.1. The molecule has 8 heteroatoms. The lowest BCUT2D eigenvalue weighted by molar-refractivity contribution is 0.0648. The first-order chi connectivity index (χ1) is 11.9. The van der Waals surface area contributed by atoms with Gasteiger partial charge in [0.05, 0.1) is 19.3 Å². The highest BCUT2D eigenvalue weighted by molar-refractivity contribution is 6.00. The van der Waals surface area contributed by atoms with Gasteiger partial charge in [0.15, 0.2) is 5.69 Å². The zero-order valence-corrected chi connectivity index (χ0v) is 13.5. The van der Waals surface area contributed by atoms with E-state index in [0.717, 1.165) is 16.7 Å². The van der Waals surface area contributed by atoms with Crippen molar-refractivity contribution < 1.29 is 19.8 Å². The molecular formula is C17H16N4O4. The number of benzene rings is 1. The van der Waals surface area contributed by atoms with Crippen LogP contribution in [0.15, 0.2) is 42.9 Å². The van der Waals surface area contributed by atoms with Gasteiger partial charge in [-0.2, -0.15) is 10.2 Å². The van der Waals surface area contributed by atoms with Gasteiger partial charge in [-0.25, -0.2) is 9.59 Å². The van der Waals surface area contributed by atoms with E-state index < -0.39 is 17.6 Å². The molecule has 0 amide bonds. The molecule has 3 aromatic rings. The van der Waals surface area contributed by atoms with Gasteiger partial charge >= 0.3 is 11.9 Å². The van der Waals surface area contributed by atoms with E-state index in [1.165, 1.54) is 10.9 Å². The highest BCUT2D eigenvalue weighted by Crippen LogP contribution is 2.11. The molecule has 1 aromatic carbocycles. The Labute approximate surface area is 142 Å². The van der Waals surface area contributed by atoms with Gasteiger partial charge in [-0.15, -0.1) is 0 Å². The molecule has 8 nitrogen and oxygen atoms in total. The van der Waals surface area contributed by atoms with Gasteiger partial charge in [0.25, 0.3) is 0 Å². The molecule has 2 heterocycles. The molecule has 0 saturated heterocycles. The fourth-order valence-electron chi connectivity index (χ4n) is 2.49. The minimum Gasteiger partial charge on any atom is -0.478 e. The second-order valence-electron chi connectivity index (χ2n) is 5.73. The minimum absolute atomic E-state index is 0.286. The van der Waals surface area contributed by atoms with Crippen LogP contribution in [0.25, 0.3) is 0 Å². The quantitative estimate of drug-likeness (QED) is 0.709. The van der Waals surface area contributed by atoms with Crippen LogP contribution in [0.3, 0.4) is 0 Å². The van der Waals surface area contributed by atoms with E-state index in [0.29, 0.717) is 6.54 Å². The molecule has 0 atom stereocenters. The number of carboxylic acids is 2. The largest absolute Gasteiger partial charge is 0.478 e. The molecule has 25 heavy (non-hydrogen) atoms. The molecule has 0 bridgehead atoms. The fourth-order valence-corrected chi connectivity index (χ4v) is 2.49. The summed E-state index contributed by atoms with van der Waals surface area (Å²) in [6.07, 6.45) is 4.98. The summed E-state index contributed by atoms with van der Waals surface area (Å²) >= 11 is 0. The minimum atomic E-state index is -1.36. The first-order valence-corrected chi connectivity index (χ1v) is 7.53. The number of hydrogen-bond acceptors (Lipinski definition) is 4. The molecule has 0 spiro atoms. The molecule has 3 rings (SSSR count). The van der Waals surface area contributed by atoms with Crippen LogP contribution in [0.1, 0.15) is 37.5 Å². The monoisotopic (exact) mass is 340 g/mol. The Bertz CT molecular complexity index is 893. The summed E-state index contributed by atoms with van der Waals surface area (Å²) in [5, 5.41) is 26.2. The van der Waals surface area contributed by atoms with Crippen molar-refractivity contribution in [3.63, 3.8) is 0 Å². The molecule has 0 radical (unpaired) electrons. The van der Waals surface area contributed by atoms with E-state index in [4.69, 9.17) is 10.2 Å². The van der Waals surface area contributed by atoms with Crippen LogP contribution in [0.5, 0.6) is 0 Å². The average molecular weight is 340 g/mol. The molecular weight excluding hydrogens is 324 g/mol. The van der Waals surface area contributed by atoms with Crippen molar-refractivity contribution in [1.29, 1.82) is 0 Å². The zero-order valence-electron chi connectivity index (χ0n) is 13.5. The topological polar surface area (TPSA) is 110 Å². The number of rotatable bonds is 6. The predicted molar refractivity (Wildman–Crippen MR) is 87.8 cm³/mol. The third kappa shape index (κ3) is 3.74. The van der Waals surface area contributed by atoms with Gasteiger partial charge in [0.1, 0.15) is 5.56 Å². The third-order valence-electron chi connectivity index (χ3n) is 3.67. The molecule has 0 aliphatic rings. The van der Waals surface area contributed by atoms with E-state index in [2.05, 4.69) is 10.2 Å². The zero-order chi connectivity index (χ0) is 18.0. The Morgan fingerprint density at radius 1 is 0.960 bits per heavy atom. The summed E-state index contributed by atoms with van der Waals surface area (Å²) in [6, 6.07) is 7.70. The van der Waals surface area contributed by atoms with Crippen LogP contribution >= 0.6 is 0 Å². The Morgan fingerprint density at radius 3 is 2.00 bits per heavy atom. The smallest absolute Gasteiger partial charge is 0.357 e. The van der Waals surface area contributed by atoms with E-state index >= 15 is 0 Å². The molecule has 0 aliphatic carbocycles. The van der Waals surface area contributed by atoms with Crippen molar-refractivity contribution in [2.75, 3.05) is 0 Å². The third-order valence-corrected chi connectivity index (χ3v) is 3.67. The molecule has 2 aromatic heterocycles. The fraction of sp³-hybridized carbons (Fsp3) is 0.176. The average Bonchev–Trinajstić information content (AvgIpc) is 3.16. The van der Waals surface area contributed by atoms with Crippen LogP contribution in [-0.4, -0.2) is 41.7 Å². The van der Waals surface area contributed by atoms with Crippen LogP contribution in [0, 0.1) is 6.92 Å². The Morgan fingerprint density at radius 2 is 1.56 bits per heavy atom. The Hall–Kier alpha value is -3.42. The van der Waals surface area contributed by atoms with E-state index in [1.54, 1.807) is 6.20 Å². The Kier molecular flexibility index (Phi) is 4.34. The SMILES string of the molecule is Cc1cnn(Cc2ccc(Cn3cc(C(=O)O)c(C(=O)O)n3)cc2)c1. The molecule has 2 N–H and O–H groups in total. The van der Waals surface area contributed by atoms with Crippen LogP contribution in [0.2, 0.25) is 0 Å². The van der Waals surface area contributed by atoms with Crippen LogP contribution in [-0.2, 0) is 13.1 Å². The van der Waals surface area contributed by atoms with Crippen molar-refractivity contribution >= 4 is 11.9 Å². The standard InChI is InChI=1S/C17H16N4O4/c1-11-6-18-20(7-11)8-12-2-4-13(5-3-12)9-21-10-14(16(22)23)15(19-21)17(24)25/h2-7,10H,8-9H2,1H3,(H,22,23)(H,24,25). The number of carbonyl (C=O) groups is 2. The predicted octanol–water partition coefficient (Wildman–Crippen LogP) is 1.88. The number of aromatic carboxylic acids is 2. The summed E-state index contributed by atoms with van der Waals surface area (Å²) in [4.78, 5) is 22.2. The van der Waals surface area contributed by atoms with Gasteiger partial charge in [-0.1, -0.05) is 24.3 Å². The van der Waals surface area contributed by atoms with Gasteiger partial charge in [-0.05, 0) is 23.6 Å². The first kappa shape index (κ1) is 16.4. The summed E-state index contributed by atoms with van der Waals surface area (Å²) in [5.41, 5.74) is 2.27. The van der Waals surface area contributed by atoms with Crippen molar-refractivity contribution in [3.8, 4) is 0 Å². The molecule has 0 fully saturated rings. The van der Waals surface area contributed by atoms with E-state index in [-0.39, 0.29) is 12.1 Å².